The van der Waals surface area contributed by atoms with E-state index in [0.717, 1.165) is 0 Å². The van der Waals surface area contributed by atoms with Crippen LogP contribution in [-0.2, 0) is 6.54 Å². The summed E-state index contributed by atoms with van der Waals surface area (Å²) in [7, 11) is 0. The van der Waals surface area contributed by atoms with Crippen molar-refractivity contribution in [3.8, 4) is 17.0 Å². The SMILES string of the molecule is CC(C)Oc1ccc(-c2nn(Cc3oc4cccc(F)c4c(=O)c3Br)c3ncnc(N)c23)cc1F. The molecule has 5 rings (SSSR count). The molecule has 5 aromatic rings. The molecule has 0 aliphatic carbocycles. The van der Waals surface area contributed by atoms with E-state index in [0.29, 0.717) is 22.3 Å². The summed E-state index contributed by atoms with van der Waals surface area (Å²) < 4.78 is 41.7. The van der Waals surface area contributed by atoms with Crippen molar-refractivity contribution in [1.29, 1.82) is 0 Å². The number of aromatic nitrogens is 4. The Morgan fingerprint density at radius 2 is 1.94 bits per heavy atom. The van der Waals surface area contributed by atoms with Gasteiger partial charge in [0.05, 0.1) is 11.5 Å². The predicted molar refractivity (Wildman–Crippen MR) is 130 cm³/mol. The van der Waals surface area contributed by atoms with Gasteiger partial charge in [0.25, 0.3) is 0 Å². The number of hydrogen-bond acceptors (Lipinski definition) is 7. The van der Waals surface area contributed by atoms with Gasteiger partial charge in [0, 0.05) is 5.56 Å². The quantitative estimate of drug-likeness (QED) is 0.331. The Morgan fingerprint density at radius 1 is 1.14 bits per heavy atom. The second-order valence-electron chi connectivity index (χ2n) is 8.06. The molecule has 35 heavy (non-hydrogen) atoms. The highest BCUT2D eigenvalue weighted by molar-refractivity contribution is 9.10. The lowest BCUT2D eigenvalue weighted by molar-refractivity contribution is 0.231. The van der Waals surface area contributed by atoms with Gasteiger partial charge >= 0.3 is 0 Å². The lowest BCUT2D eigenvalue weighted by atomic mass is 10.1. The zero-order valence-corrected chi connectivity index (χ0v) is 20.1. The minimum atomic E-state index is -0.678. The maximum Gasteiger partial charge on any atom is 0.210 e. The molecular formula is C24H18BrF2N5O3. The number of hydrogen-bond donors (Lipinski definition) is 1. The highest BCUT2D eigenvalue weighted by atomic mass is 79.9. The molecule has 178 valence electrons. The third kappa shape index (κ3) is 4.01. The number of nitrogens with zero attached hydrogens (tertiary/aromatic N) is 4. The Bertz CT molecular complexity index is 1670. The van der Waals surface area contributed by atoms with Crippen LogP contribution in [0.15, 0.2) is 56.4 Å². The molecule has 0 radical (unpaired) electrons. The number of ether oxygens (including phenoxy) is 1. The molecule has 2 aromatic carbocycles. The van der Waals surface area contributed by atoms with Crippen LogP contribution in [-0.4, -0.2) is 25.9 Å². The molecule has 0 bridgehead atoms. The van der Waals surface area contributed by atoms with Gasteiger partial charge in [0.1, 0.15) is 51.4 Å². The van der Waals surface area contributed by atoms with Crippen molar-refractivity contribution in [2.45, 2.75) is 26.5 Å². The van der Waals surface area contributed by atoms with Crippen molar-refractivity contribution in [1.82, 2.24) is 19.7 Å². The first-order valence-corrected chi connectivity index (χ1v) is 11.4. The van der Waals surface area contributed by atoms with Crippen LogP contribution in [0.25, 0.3) is 33.3 Å². The normalized spacial score (nSPS) is 11.6. The van der Waals surface area contributed by atoms with Crippen LogP contribution in [0.1, 0.15) is 19.6 Å². The molecule has 0 unspecified atom stereocenters. The number of benzene rings is 2. The van der Waals surface area contributed by atoms with E-state index in [1.165, 1.54) is 41.3 Å². The average molecular weight is 542 g/mol. The zero-order valence-electron chi connectivity index (χ0n) is 18.6. The number of rotatable bonds is 5. The van der Waals surface area contributed by atoms with Gasteiger partial charge in [-0.25, -0.2) is 23.4 Å². The van der Waals surface area contributed by atoms with Crippen molar-refractivity contribution in [3.63, 3.8) is 0 Å². The number of halogens is 3. The molecule has 0 fully saturated rings. The number of nitrogen functional groups attached to an aromatic ring is 1. The third-order valence-corrected chi connectivity index (χ3v) is 6.10. The number of fused-ring (bicyclic) bond motifs is 2. The summed E-state index contributed by atoms with van der Waals surface area (Å²) in [6.45, 7) is 3.57. The van der Waals surface area contributed by atoms with Crippen LogP contribution in [0, 0.1) is 11.6 Å². The lowest BCUT2D eigenvalue weighted by Crippen LogP contribution is -2.11. The van der Waals surface area contributed by atoms with Crippen molar-refractivity contribution in [3.05, 3.63) is 74.8 Å². The second-order valence-corrected chi connectivity index (χ2v) is 8.85. The lowest BCUT2D eigenvalue weighted by Gasteiger charge is -2.11. The molecule has 2 N–H and O–H groups in total. The summed E-state index contributed by atoms with van der Waals surface area (Å²) in [5.74, 6) is -0.762. The van der Waals surface area contributed by atoms with Crippen molar-refractivity contribution >= 4 is 43.8 Å². The summed E-state index contributed by atoms with van der Waals surface area (Å²) in [5, 5.41) is 4.84. The summed E-state index contributed by atoms with van der Waals surface area (Å²) in [4.78, 5) is 21.1. The van der Waals surface area contributed by atoms with E-state index in [9.17, 15) is 13.6 Å². The molecule has 0 spiro atoms. The summed E-state index contributed by atoms with van der Waals surface area (Å²) >= 11 is 3.23. The Labute approximate surface area is 205 Å². The Morgan fingerprint density at radius 3 is 2.69 bits per heavy atom. The Kier molecular flexibility index (Phi) is 5.72. The molecule has 3 heterocycles. The topological polar surface area (TPSA) is 109 Å². The monoisotopic (exact) mass is 541 g/mol. The standard InChI is InChI=1S/C24H18BrF2N5O3/c1-11(2)34-15-7-6-12(8-14(15)27)21-19-23(28)29-10-30-24(19)32(31-21)9-17-20(25)22(33)18-13(26)4-3-5-16(18)35-17/h3-8,10-11H,9H2,1-2H3,(H2,28,29,30). The van der Waals surface area contributed by atoms with E-state index in [1.54, 1.807) is 19.9 Å². The van der Waals surface area contributed by atoms with Crippen LogP contribution in [0.4, 0.5) is 14.6 Å². The van der Waals surface area contributed by atoms with Gasteiger partial charge in [-0.15, -0.1) is 0 Å². The molecule has 0 saturated carbocycles. The minimum absolute atomic E-state index is 0.0355. The predicted octanol–water partition coefficient (Wildman–Crippen LogP) is 5.06. The molecule has 3 aromatic heterocycles. The molecule has 0 saturated heterocycles. The molecule has 0 amide bonds. The molecule has 0 aliphatic heterocycles. The van der Waals surface area contributed by atoms with E-state index in [-0.39, 0.29) is 45.4 Å². The molecule has 0 aliphatic rings. The fourth-order valence-electron chi connectivity index (χ4n) is 3.80. The smallest absolute Gasteiger partial charge is 0.210 e. The second kappa shape index (κ2) is 8.73. The fourth-order valence-corrected chi connectivity index (χ4v) is 4.21. The van der Waals surface area contributed by atoms with Gasteiger partial charge in [-0.3, -0.25) is 4.79 Å². The zero-order chi connectivity index (χ0) is 24.9. The first-order chi connectivity index (χ1) is 16.7. The average Bonchev–Trinajstić information content (AvgIpc) is 3.18. The van der Waals surface area contributed by atoms with E-state index in [2.05, 4.69) is 31.0 Å². The number of nitrogens with two attached hydrogens (primary N) is 1. The molecule has 8 nitrogen and oxygen atoms in total. The van der Waals surface area contributed by atoms with Crippen LogP contribution < -0.4 is 15.9 Å². The minimum Gasteiger partial charge on any atom is -0.488 e. The van der Waals surface area contributed by atoms with Gasteiger partial charge in [-0.1, -0.05) is 6.07 Å². The maximum atomic E-state index is 14.7. The summed E-state index contributed by atoms with van der Waals surface area (Å²) in [5.41, 5.74) is 6.82. The van der Waals surface area contributed by atoms with E-state index < -0.39 is 17.1 Å². The largest absolute Gasteiger partial charge is 0.488 e. The van der Waals surface area contributed by atoms with Crippen molar-refractivity contribution in [2.24, 2.45) is 0 Å². The fraction of sp³-hybridized carbons (Fsp3) is 0.167. The number of anilines is 1. The van der Waals surface area contributed by atoms with E-state index >= 15 is 0 Å². The Hall–Kier alpha value is -3.86. The van der Waals surface area contributed by atoms with Crippen LogP contribution in [0.5, 0.6) is 5.75 Å². The van der Waals surface area contributed by atoms with Crippen LogP contribution >= 0.6 is 15.9 Å². The van der Waals surface area contributed by atoms with Gasteiger partial charge in [-0.2, -0.15) is 5.10 Å². The first-order valence-electron chi connectivity index (χ1n) is 10.6. The molecule has 11 heteroatoms. The summed E-state index contributed by atoms with van der Waals surface area (Å²) in [6, 6.07) is 8.62. The van der Waals surface area contributed by atoms with Gasteiger partial charge in [0.15, 0.2) is 17.2 Å². The third-order valence-electron chi connectivity index (χ3n) is 5.30. The van der Waals surface area contributed by atoms with Crippen LogP contribution in [0.3, 0.4) is 0 Å². The van der Waals surface area contributed by atoms with Crippen molar-refractivity contribution < 1.29 is 17.9 Å². The van der Waals surface area contributed by atoms with Gasteiger partial charge in [-0.05, 0) is 60.1 Å². The van der Waals surface area contributed by atoms with Crippen LogP contribution in [0.2, 0.25) is 0 Å². The molecule has 0 atom stereocenters. The highest BCUT2D eigenvalue weighted by Crippen LogP contribution is 2.33. The van der Waals surface area contributed by atoms with E-state index in [4.69, 9.17) is 14.9 Å². The first kappa shape index (κ1) is 22.9. The Balaban J connectivity index is 1.65. The van der Waals surface area contributed by atoms with Gasteiger partial charge in [0.2, 0.25) is 5.43 Å². The molecular weight excluding hydrogens is 524 g/mol. The van der Waals surface area contributed by atoms with Crippen molar-refractivity contribution in [2.75, 3.05) is 5.73 Å². The highest BCUT2D eigenvalue weighted by Gasteiger charge is 2.21. The van der Waals surface area contributed by atoms with E-state index in [1.807, 2.05) is 0 Å². The summed E-state index contributed by atoms with van der Waals surface area (Å²) in [6.07, 6.45) is 1.09. The maximum absolute atomic E-state index is 14.7. The van der Waals surface area contributed by atoms with Gasteiger partial charge < -0.3 is 14.9 Å².